The highest BCUT2D eigenvalue weighted by molar-refractivity contribution is 5.94. The first-order valence-corrected chi connectivity index (χ1v) is 6.41. The van der Waals surface area contributed by atoms with E-state index < -0.39 is 0 Å². The molecule has 0 bridgehead atoms. The first-order chi connectivity index (χ1) is 9.49. The average molecular weight is 270 g/mol. The highest BCUT2D eigenvalue weighted by atomic mass is 16.3. The Labute approximate surface area is 118 Å². The zero-order valence-electron chi connectivity index (χ0n) is 11.6. The molecule has 0 fully saturated rings. The molecule has 0 spiro atoms. The van der Waals surface area contributed by atoms with Gasteiger partial charge in [-0.15, -0.1) is 0 Å². The fourth-order valence-electron chi connectivity index (χ4n) is 2.07. The molecule has 0 saturated carbocycles. The van der Waals surface area contributed by atoms with Crippen LogP contribution in [0.5, 0.6) is 5.75 Å². The number of carbonyl (C=O) groups excluding carboxylic acids is 1. The van der Waals surface area contributed by atoms with Gasteiger partial charge in [0.25, 0.3) is 0 Å². The number of phenolic OH excluding ortho intramolecular Hbond substituents is 1. The number of anilines is 2. The first kappa shape index (κ1) is 13.9. The normalized spacial score (nSPS) is 10.3. The first-order valence-electron chi connectivity index (χ1n) is 6.41. The maximum Gasteiger partial charge on any atom is 0.228 e. The number of para-hydroxylation sites is 1. The number of hydrogen-bond donors (Lipinski definition) is 3. The molecule has 2 aromatic carbocycles. The number of carbonyl (C=O) groups is 1. The summed E-state index contributed by atoms with van der Waals surface area (Å²) in [5.74, 6) is -0.0491. The molecule has 4 N–H and O–H groups in total. The molecule has 2 aromatic rings. The van der Waals surface area contributed by atoms with Crippen LogP contribution in [-0.2, 0) is 11.2 Å². The Kier molecular flexibility index (Phi) is 3.94. The molecule has 0 saturated heterocycles. The lowest BCUT2D eigenvalue weighted by atomic mass is 10.1. The lowest BCUT2D eigenvalue weighted by Crippen LogP contribution is -2.16. The Hall–Kier alpha value is -2.49. The number of aryl methyl sites for hydroxylation is 1. The van der Waals surface area contributed by atoms with E-state index in [1.165, 1.54) is 0 Å². The van der Waals surface area contributed by atoms with Gasteiger partial charge < -0.3 is 16.2 Å². The van der Waals surface area contributed by atoms with Crippen molar-refractivity contribution in [3.05, 3.63) is 53.1 Å². The number of aromatic hydroxyl groups is 1. The number of amides is 1. The summed E-state index contributed by atoms with van der Waals surface area (Å²) >= 11 is 0. The van der Waals surface area contributed by atoms with Gasteiger partial charge in [0, 0.05) is 16.9 Å². The molecule has 0 aliphatic carbocycles. The molecule has 4 heteroatoms. The minimum atomic E-state index is -0.177. The summed E-state index contributed by atoms with van der Waals surface area (Å²) in [7, 11) is 0. The van der Waals surface area contributed by atoms with Crippen LogP contribution in [0.15, 0.2) is 36.4 Å². The molecular formula is C16H18N2O2. The summed E-state index contributed by atoms with van der Waals surface area (Å²) in [5.41, 5.74) is 9.66. The van der Waals surface area contributed by atoms with E-state index in [2.05, 4.69) is 5.32 Å². The second kappa shape index (κ2) is 5.65. The van der Waals surface area contributed by atoms with Crippen LogP contribution in [0.25, 0.3) is 0 Å². The van der Waals surface area contributed by atoms with Crippen LogP contribution in [0.1, 0.15) is 16.7 Å². The van der Waals surface area contributed by atoms with Gasteiger partial charge in [-0.2, -0.15) is 0 Å². The maximum atomic E-state index is 12.1. The second-order valence-corrected chi connectivity index (χ2v) is 4.83. The van der Waals surface area contributed by atoms with Crippen molar-refractivity contribution in [2.45, 2.75) is 20.3 Å². The number of nitrogen functional groups attached to an aromatic ring is 1. The van der Waals surface area contributed by atoms with Crippen LogP contribution in [0.2, 0.25) is 0 Å². The monoisotopic (exact) mass is 270 g/mol. The van der Waals surface area contributed by atoms with E-state index in [9.17, 15) is 9.90 Å². The van der Waals surface area contributed by atoms with E-state index in [4.69, 9.17) is 5.73 Å². The molecule has 4 nitrogen and oxygen atoms in total. The third kappa shape index (κ3) is 2.91. The van der Waals surface area contributed by atoms with Crippen LogP contribution in [0.4, 0.5) is 11.4 Å². The second-order valence-electron chi connectivity index (χ2n) is 4.83. The van der Waals surface area contributed by atoms with Crippen molar-refractivity contribution in [1.29, 1.82) is 0 Å². The molecule has 0 aliphatic heterocycles. The minimum Gasteiger partial charge on any atom is -0.508 e. The van der Waals surface area contributed by atoms with E-state index in [1.807, 2.05) is 26.0 Å². The predicted octanol–water partition coefficient (Wildman–Crippen LogP) is 2.77. The lowest BCUT2D eigenvalue weighted by Gasteiger charge is -2.13. The van der Waals surface area contributed by atoms with Gasteiger partial charge in [0.2, 0.25) is 5.91 Å². The lowest BCUT2D eigenvalue weighted by molar-refractivity contribution is -0.115. The van der Waals surface area contributed by atoms with Crippen molar-refractivity contribution in [3.8, 4) is 5.75 Å². The van der Waals surface area contributed by atoms with Crippen LogP contribution >= 0.6 is 0 Å². The van der Waals surface area contributed by atoms with Gasteiger partial charge in [-0.25, -0.2) is 0 Å². The summed E-state index contributed by atoms with van der Waals surface area (Å²) in [5, 5.41) is 12.5. The Morgan fingerprint density at radius 2 is 1.90 bits per heavy atom. The van der Waals surface area contributed by atoms with E-state index in [-0.39, 0.29) is 18.1 Å². The number of nitrogens with one attached hydrogen (secondary N) is 1. The minimum absolute atomic E-state index is 0.125. The predicted molar refractivity (Wildman–Crippen MR) is 80.8 cm³/mol. The third-order valence-corrected chi connectivity index (χ3v) is 3.32. The Morgan fingerprint density at radius 3 is 2.60 bits per heavy atom. The standard InChI is InChI=1S/C16H18N2O2/c1-10-7-8-13(17)11(2)16(10)18-15(20)9-12-5-3-4-6-14(12)19/h3-8,19H,9,17H2,1-2H3,(H,18,20). The number of hydrogen-bond acceptors (Lipinski definition) is 3. The number of benzene rings is 2. The van der Waals surface area contributed by atoms with Gasteiger partial charge in [-0.05, 0) is 37.1 Å². The molecule has 0 atom stereocenters. The van der Waals surface area contributed by atoms with Crippen LogP contribution < -0.4 is 11.1 Å². The molecule has 0 radical (unpaired) electrons. The van der Waals surface area contributed by atoms with Gasteiger partial charge in [0.05, 0.1) is 6.42 Å². The molecular weight excluding hydrogens is 252 g/mol. The fourth-order valence-corrected chi connectivity index (χ4v) is 2.07. The quantitative estimate of drug-likeness (QED) is 0.751. The van der Waals surface area contributed by atoms with E-state index in [1.54, 1.807) is 24.3 Å². The molecule has 0 heterocycles. The van der Waals surface area contributed by atoms with E-state index in [0.717, 1.165) is 16.8 Å². The molecule has 2 rings (SSSR count). The molecule has 104 valence electrons. The zero-order chi connectivity index (χ0) is 14.7. The molecule has 0 aliphatic rings. The van der Waals surface area contributed by atoms with Crippen molar-refractivity contribution in [1.82, 2.24) is 0 Å². The van der Waals surface area contributed by atoms with Gasteiger partial charge in [0.1, 0.15) is 5.75 Å². The van der Waals surface area contributed by atoms with E-state index >= 15 is 0 Å². The van der Waals surface area contributed by atoms with Gasteiger partial charge in [-0.3, -0.25) is 4.79 Å². The summed E-state index contributed by atoms with van der Waals surface area (Å²) in [6, 6.07) is 10.5. The van der Waals surface area contributed by atoms with Crippen LogP contribution in [0.3, 0.4) is 0 Å². The Bertz CT molecular complexity index is 651. The smallest absolute Gasteiger partial charge is 0.228 e. The molecule has 0 unspecified atom stereocenters. The Balaban J connectivity index is 2.17. The third-order valence-electron chi connectivity index (χ3n) is 3.32. The topological polar surface area (TPSA) is 75.3 Å². The molecule has 1 amide bonds. The number of phenols is 1. The van der Waals surface area contributed by atoms with Gasteiger partial charge >= 0.3 is 0 Å². The summed E-state index contributed by atoms with van der Waals surface area (Å²) < 4.78 is 0. The highest BCUT2D eigenvalue weighted by Crippen LogP contribution is 2.25. The summed E-state index contributed by atoms with van der Waals surface area (Å²) in [6.45, 7) is 3.79. The number of nitrogens with two attached hydrogens (primary N) is 1. The zero-order valence-corrected chi connectivity index (χ0v) is 11.6. The summed E-state index contributed by atoms with van der Waals surface area (Å²) in [6.07, 6.45) is 0.125. The van der Waals surface area contributed by atoms with Gasteiger partial charge in [-0.1, -0.05) is 24.3 Å². The van der Waals surface area contributed by atoms with Crippen molar-refractivity contribution >= 4 is 17.3 Å². The highest BCUT2D eigenvalue weighted by Gasteiger charge is 2.11. The van der Waals surface area contributed by atoms with Crippen molar-refractivity contribution in [2.75, 3.05) is 11.1 Å². The van der Waals surface area contributed by atoms with Crippen molar-refractivity contribution in [2.24, 2.45) is 0 Å². The maximum absolute atomic E-state index is 12.1. The van der Waals surface area contributed by atoms with Crippen molar-refractivity contribution < 1.29 is 9.90 Å². The average Bonchev–Trinajstić information content (AvgIpc) is 2.42. The molecule has 0 aromatic heterocycles. The number of rotatable bonds is 3. The van der Waals surface area contributed by atoms with Crippen molar-refractivity contribution in [3.63, 3.8) is 0 Å². The summed E-state index contributed by atoms with van der Waals surface area (Å²) in [4.78, 5) is 12.1. The fraction of sp³-hybridized carbons (Fsp3) is 0.188. The van der Waals surface area contributed by atoms with Gasteiger partial charge in [0.15, 0.2) is 0 Å². The Morgan fingerprint density at radius 1 is 1.20 bits per heavy atom. The largest absolute Gasteiger partial charge is 0.508 e. The van der Waals surface area contributed by atoms with E-state index in [0.29, 0.717) is 11.3 Å². The van der Waals surface area contributed by atoms with Crippen LogP contribution in [-0.4, -0.2) is 11.0 Å². The molecule has 20 heavy (non-hydrogen) atoms. The SMILES string of the molecule is Cc1ccc(N)c(C)c1NC(=O)Cc1ccccc1O. The van der Waals surface area contributed by atoms with Crippen LogP contribution in [0, 0.1) is 13.8 Å².